The van der Waals surface area contributed by atoms with Gasteiger partial charge in [0.05, 0.1) is 12.8 Å². The maximum absolute atomic E-state index is 9.42. The monoisotopic (exact) mass is 223 g/mol. The molecule has 1 unspecified atom stereocenters. The number of aryl methyl sites for hydroxylation is 1. The third-order valence-electron chi connectivity index (χ3n) is 3.88. The van der Waals surface area contributed by atoms with Crippen LogP contribution in [0.4, 0.5) is 0 Å². The highest BCUT2D eigenvalue weighted by Crippen LogP contribution is 2.34. The molecule has 1 aromatic heterocycles. The first-order valence-electron chi connectivity index (χ1n) is 5.95. The van der Waals surface area contributed by atoms with Gasteiger partial charge in [-0.2, -0.15) is 5.10 Å². The van der Waals surface area contributed by atoms with Crippen LogP contribution in [0.1, 0.15) is 43.5 Å². The zero-order chi connectivity index (χ0) is 11.8. The smallest absolute Gasteiger partial charge is 0.0613 e. The van der Waals surface area contributed by atoms with Crippen LogP contribution in [-0.4, -0.2) is 27.0 Å². The van der Waals surface area contributed by atoms with E-state index in [2.05, 4.69) is 24.3 Å². The number of nitrogens with one attached hydrogen (secondary N) is 1. The fourth-order valence-electron chi connectivity index (χ4n) is 2.43. The van der Waals surface area contributed by atoms with Crippen molar-refractivity contribution in [3.8, 4) is 0 Å². The lowest BCUT2D eigenvalue weighted by Crippen LogP contribution is -2.54. The average Bonchev–Trinajstić information content (AvgIpc) is 2.54. The van der Waals surface area contributed by atoms with Crippen LogP contribution in [0.15, 0.2) is 6.20 Å². The van der Waals surface area contributed by atoms with E-state index < -0.39 is 0 Å². The molecular weight excluding hydrogens is 202 g/mol. The van der Waals surface area contributed by atoms with Crippen molar-refractivity contribution < 1.29 is 5.11 Å². The van der Waals surface area contributed by atoms with E-state index in [1.165, 1.54) is 17.7 Å². The first-order valence-corrected chi connectivity index (χ1v) is 5.95. The molecule has 0 amide bonds. The van der Waals surface area contributed by atoms with Gasteiger partial charge in [0.2, 0.25) is 0 Å². The lowest BCUT2D eigenvalue weighted by molar-refractivity contribution is 0.0786. The molecule has 1 saturated carbocycles. The molecule has 4 heteroatoms. The number of hydrogen-bond acceptors (Lipinski definition) is 3. The summed E-state index contributed by atoms with van der Waals surface area (Å²) in [6.07, 6.45) is 5.28. The summed E-state index contributed by atoms with van der Waals surface area (Å²) < 4.78 is 1.89. The van der Waals surface area contributed by atoms with E-state index in [9.17, 15) is 5.11 Å². The summed E-state index contributed by atoms with van der Waals surface area (Å²) in [5, 5.41) is 17.2. The minimum atomic E-state index is -0.0400. The molecule has 0 radical (unpaired) electrons. The minimum absolute atomic E-state index is 0.0400. The fourth-order valence-corrected chi connectivity index (χ4v) is 2.43. The molecule has 1 aliphatic rings. The Morgan fingerprint density at radius 1 is 1.62 bits per heavy atom. The van der Waals surface area contributed by atoms with E-state index in [-0.39, 0.29) is 18.2 Å². The van der Waals surface area contributed by atoms with Crippen molar-refractivity contribution in [1.29, 1.82) is 0 Å². The Hall–Kier alpha value is -0.870. The van der Waals surface area contributed by atoms with E-state index >= 15 is 0 Å². The molecule has 0 saturated heterocycles. The lowest BCUT2D eigenvalue weighted by Gasteiger charge is -2.43. The molecule has 2 N–H and O–H groups in total. The van der Waals surface area contributed by atoms with E-state index in [0.717, 1.165) is 12.8 Å². The summed E-state index contributed by atoms with van der Waals surface area (Å²) in [7, 11) is 1.96. The zero-order valence-electron chi connectivity index (χ0n) is 10.3. The molecule has 1 aliphatic carbocycles. The van der Waals surface area contributed by atoms with Crippen molar-refractivity contribution in [2.24, 2.45) is 7.05 Å². The average molecular weight is 223 g/mol. The van der Waals surface area contributed by atoms with Crippen molar-refractivity contribution in [3.63, 3.8) is 0 Å². The van der Waals surface area contributed by atoms with Crippen molar-refractivity contribution >= 4 is 0 Å². The van der Waals surface area contributed by atoms with Gasteiger partial charge < -0.3 is 10.4 Å². The maximum Gasteiger partial charge on any atom is 0.0613 e. The summed E-state index contributed by atoms with van der Waals surface area (Å²) in [6.45, 7) is 4.45. The van der Waals surface area contributed by atoms with E-state index in [0.29, 0.717) is 0 Å². The van der Waals surface area contributed by atoms with Crippen molar-refractivity contribution in [1.82, 2.24) is 15.1 Å². The van der Waals surface area contributed by atoms with Crippen LogP contribution < -0.4 is 5.32 Å². The molecule has 4 nitrogen and oxygen atoms in total. The van der Waals surface area contributed by atoms with E-state index in [4.69, 9.17) is 0 Å². The normalized spacial score (nSPS) is 20.5. The number of hydrogen-bond donors (Lipinski definition) is 2. The Kier molecular flexibility index (Phi) is 3.04. The molecule has 0 bridgehead atoms. The summed E-state index contributed by atoms with van der Waals surface area (Å²) in [5.74, 6) is 0. The Morgan fingerprint density at radius 2 is 2.31 bits per heavy atom. The first-order chi connectivity index (χ1) is 7.58. The molecule has 0 aliphatic heterocycles. The van der Waals surface area contributed by atoms with Crippen molar-refractivity contribution in [3.05, 3.63) is 17.5 Å². The predicted molar refractivity (Wildman–Crippen MR) is 63.2 cm³/mol. The molecule has 2 rings (SSSR count). The lowest BCUT2D eigenvalue weighted by atomic mass is 9.76. The molecule has 0 spiro atoms. The summed E-state index contributed by atoms with van der Waals surface area (Å²) in [6, 6.07) is 0.251. The SMILES string of the molecule is Cc1c(C(C)NC2(CO)CCC2)cnn1C. The summed E-state index contributed by atoms with van der Waals surface area (Å²) in [5.41, 5.74) is 2.37. The van der Waals surface area contributed by atoms with Crippen molar-refractivity contribution in [2.45, 2.75) is 44.7 Å². The fraction of sp³-hybridized carbons (Fsp3) is 0.750. The van der Waals surface area contributed by atoms with Crippen LogP contribution in [0, 0.1) is 6.92 Å². The summed E-state index contributed by atoms with van der Waals surface area (Å²) in [4.78, 5) is 0. The molecule has 0 aromatic carbocycles. The van der Waals surface area contributed by atoms with Gasteiger partial charge in [-0.15, -0.1) is 0 Å². The molecule has 1 atom stereocenters. The Morgan fingerprint density at radius 3 is 2.69 bits per heavy atom. The molecular formula is C12H21N3O. The third-order valence-corrected chi connectivity index (χ3v) is 3.88. The van der Waals surface area contributed by atoms with Gasteiger partial charge in [-0.3, -0.25) is 4.68 Å². The zero-order valence-corrected chi connectivity index (χ0v) is 10.3. The minimum Gasteiger partial charge on any atom is -0.394 e. The Balaban J connectivity index is 2.08. The number of rotatable bonds is 4. The molecule has 16 heavy (non-hydrogen) atoms. The van der Waals surface area contributed by atoms with Crippen LogP contribution in [-0.2, 0) is 7.05 Å². The Bertz CT molecular complexity index is 363. The molecule has 90 valence electrons. The van der Waals surface area contributed by atoms with Gasteiger partial charge in [-0.1, -0.05) is 0 Å². The third kappa shape index (κ3) is 1.87. The maximum atomic E-state index is 9.42. The van der Waals surface area contributed by atoms with Gasteiger partial charge in [0.15, 0.2) is 0 Å². The van der Waals surface area contributed by atoms with Crippen LogP contribution in [0.25, 0.3) is 0 Å². The van der Waals surface area contributed by atoms with E-state index in [1.54, 1.807) is 0 Å². The predicted octanol–water partition coefficient (Wildman–Crippen LogP) is 1.29. The second kappa shape index (κ2) is 4.18. The largest absolute Gasteiger partial charge is 0.394 e. The van der Waals surface area contributed by atoms with Crippen LogP contribution >= 0.6 is 0 Å². The van der Waals surface area contributed by atoms with Gasteiger partial charge in [0, 0.05) is 29.9 Å². The standard InChI is InChI=1S/C12H21N3O/c1-9(11-7-13-15(3)10(11)2)14-12(8-16)5-4-6-12/h7,9,14,16H,4-6,8H2,1-3H3. The topological polar surface area (TPSA) is 50.1 Å². The quantitative estimate of drug-likeness (QED) is 0.809. The van der Waals surface area contributed by atoms with Crippen LogP contribution in [0.5, 0.6) is 0 Å². The molecule has 1 heterocycles. The van der Waals surface area contributed by atoms with Gasteiger partial charge in [0.1, 0.15) is 0 Å². The summed E-state index contributed by atoms with van der Waals surface area (Å²) >= 11 is 0. The Labute approximate surface area is 96.7 Å². The van der Waals surface area contributed by atoms with Gasteiger partial charge in [0.25, 0.3) is 0 Å². The van der Waals surface area contributed by atoms with E-state index in [1.807, 2.05) is 17.9 Å². The van der Waals surface area contributed by atoms with Crippen LogP contribution in [0.3, 0.4) is 0 Å². The first kappa shape index (κ1) is 11.6. The number of nitrogens with zero attached hydrogens (tertiary/aromatic N) is 2. The number of aromatic nitrogens is 2. The number of aliphatic hydroxyl groups excluding tert-OH is 1. The highest BCUT2D eigenvalue weighted by Gasteiger charge is 2.37. The highest BCUT2D eigenvalue weighted by molar-refractivity contribution is 5.20. The second-order valence-electron chi connectivity index (χ2n) is 4.97. The van der Waals surface area contributed by atoms with Gasteiger partial charge in [-0.25, -0.2) is 0 Å². The van der Waals surface area contributed by atoms with Gasteiger partial charge in [-0.05, 0) is 33.1 Å². The van der Waals surface area contributed by atoms with Crippen LogP contribution in [0.2, 0.25) is 0 Å². The highest BCUT2D eigenvalue weighted by atomic mass is 16.3. The second-order valence-corrected chi connectivity index (χ2v) is 4.97. The van der Waals surface area contributed by atoms with Crippen molar-refractivity contribution in [2.75, 3.05) is 6.61 Å². The molecule has 1 fully saturated rings. The molecule has 1 aromatic rings. The van der Waals surface area contributed by atoms with Gasteiger partial charge >= 0.3 is 0 Å². The number of aliphatic hydroxyl groups is 1.